The third kappa shape index (κ3) is 5.12. The molecule has 0 amide bonds. The van der Waals surface area contributed by atoms with Crippen LogP contribution in [-0.2, 0) is 0 Å². The fourth-order valence-electron chi connectivity index (χ4n) is 7.60. The van der Waals surface area contributed by atoms with E-state index in [-0.39, 0.29) is 0 Å². The van der Waals surface area contributed by atoms with Crippen LogP contribution in [0.3, 0.4) is 0 Å². The van der Waals surface area contributed by atoms with Crippen molar-refractivity contribution in [2.45, 2.75) is 19.6 Å². The van der Waals surface area contributed by atoms with Crippen LogP contribution in [0.15, 0.2) is 208 Å². The Balaban J connectivity index is 1.27. The molecule has 0 unspecified atom stereocenters. The number of rotatable bonds is 3. The van der Waals surface area contributed by atoms with Crippen molar-refractivity contribution < 1.29 is 0 Å². The van der Waals surface area contributed by atoms with Crippen LogP contribution in [0.2, 0.25) is 0 Å². The molecule has 0 atom stereocenters. The number of hydrogen-bond donors (Lipinski definition) is 0. The molecule has 10 rings (SSSR count). The maximum absolute atomic E-state index is 2.41. The number of hydrogen-bond acceptors (Lipinski definition) is 2. The highest BCUT2D eigenvalue weighted by Gasteiger charge is 2.24. The molecular weight excluding hydrogens is 655 g/mol. The van der Waals surface area contributed by atoms with E-state index in [0.29, 0.717) is 0 Å². The zero-order valence-electron chi connectivity index (χ0n) is 27.7. The minimum Gasteiger partial charge on any atom is -0.309 e. The Morgan fingerprint density at radius 3 is 1.71 bits per heavy atom. The van der Waals surface area contributed by atoms with Gasteiger partial charge < -0.3 is 4.57 Å². The van der Waals surface area contributed by atoms with Crippen molar-refractivity contribution in [3.05, 3.63) is 188 Å². The first-order valence-corrected chi connectivity index (χ1v) is 18.9. The Kier molecular flexibility index (Phi) is 7.41. The van der Waals surface area contributed by atoms with E-state index < -0.39 is 0 Å². The third-order valence-corrected chi connectivity index (χ3v) is 12.2. The molecule has 1 aromatic heterocycles. The van der Waals surface area contributed by atoms with E-state index in [1.54, 1.807) is 0 Å². The molecule has 0 aliphatic carbocycles. The quantitative estimate of drug-likeness (QED) is 0.182. The van der Waals surface area contributed by atoms with Crippen LogP contribution in [0.4, 0.5) is 0 Å². The van der Waals surface area contributed by atoms with E-state index in [1.807, 2.05) is 23.5 Å². The lowest BCUT2D eigenvalue weighted by molar-refractivity contribution is 1.18. The van der Waals surface area contributed by atoms with Crippen LogP contribution >= 0.6 is 23.5 Å². The number of benzene rings is 8. The van der Waals surface area contributed by atoms with Crippen LogP contribution in [-0.4, -0.2) is 4.57 Å². The van der Waals surface area contributed by atoms with Crippen molar-refractivity contribution in [1.82, 2.24) is 4.57 Å². The highest BCUT2D eigenvalue weighted by Crippen LogP contribution is 2.53. The van der Waals surface area contributed by atoms with E-state index >= 15 is 0 Å². The standard InChI is InChI=1S/C48H31NS2/c1-3-15-32(16-4-1)35-22-14-28-46-47(35)40-24-13-23-36(48(40)51-45-27-12-9-21-39(45)38-20-8-11-26-44(38)50-46)33-29-30-43-41(31-33)37-19-7-10-25-42(37)49(43)34-17-5-2-6-18-34/h1-31H. The summed E-state index contributed by atoms with van der Waals surface area (Å²) in [4.78, 5) is 5.03. The monoisotopic (exact) mass is 685 g/mol. The normalized spacial score (nSPS) is 12.2. The summed E-state index contributed by atoms with van der Waals surface area (Å²) in [6.45, 7) is 0. The van der Waals surface area contributed by atoms with Crippen LogP contribution in [0.25, 0.3) is 72.0 Å². The topological polar surface area (TPSA) is 4.93 Å². The lowest BCUT2D eigenvalue weighted by Crippen LogP contribution is -1.96. The summed E-state index contributed by atoms with van der Waals surface area (Å²) in [7, 11) is 0. The Morgan fingerprint density at radius 2 is 0.902 bits per heavy atom. The molecule has 1 nitrogen and oxygen atoms in total. The second kappa shape index (κ2) is 12.5. The molecule has 0 fully saturated rings. The van der Waals surface area contributed by atoms with Crippen molar-refractivity contribution in [1.29, 1.82) is 0 Å². The summed E-state index contributed by atoms with van der Waals surface area (Å²) in [6.07, 6.45) is 0. The van der Waals surface area contributed by atoms with E-state index in [0.717, 1.165) is 0 Å². The number of fused-ring (bicyclic) bond motifs is 9. The molecule has 0 spiro atoms. The van der Waals surface area contributed by atoms with Crippen molar-refractivity contribution >= 4 is 45.3 Å². The molecule has 8 aromatic carbocycles. The van der Waals surface area contributed by atoms with E-state index in [2.05, 4.69) is 193 Å². The van der Waals surface area contributed by atoms with Crippen molar-refractivity contribution in [2.24, 2.45) is 0 Å². The van der Waals surface area contributed by atoms with Gasteiger partial charge in [0.2, 0.25) is 0 Å². The fourth-order valence-corrected chi connectivity index (χ4v) is 9.97. The summed E-state index contributed by atoms with van der Waals surface area (Å²) in [5, 5.41) is 2.51. The van der Waals surface area contributed by atoms with Crippen LogP contribution in [0, 0.1) is 0 Å². The summed E-state index contributed by atoms with van der Waals surface area (Å²) in [5.41, 5.74) is 13.5. The molecular formula is C48H31NS2. The molecule has 0 radical (unpaired) electrons. The van der Waals surface area contributed by atoms with Gasteiger partial charge in [-0.25, -0.2) is 0 Å². The summed E-state index contributed by atoms with van der Waals surface area (Å²) < 4.78 is 2.39. The summed E-state index contributed by atoms with van der Waals surface area (Å²) >= 11 is 3.76. The summed E-state index contributed by atoms with van der Waals surface area (Å²) in [5.74, 6) is 0. The van der Waals surface area contributed by atoms with Gasteiger partial charge in [0.15, 0.2) is 0 Å². The molecule has 9 aromatic rings. The van der Waals surface area contributed by atoms with Crippen LogP contribution < -0.4 is 0 Å². The number of aromatic nitrogens is 1. The molecule has 0 saturated carbocycles. The summed E-state index contributed by atoms with van der Waals surface area (Å²) in [6, 6.07) is 68.8. The predicted octanol–water partition coefficient (Wildman–Crippen LogP) is 14.1. The van der Waals surface area contributed by atoms with Crippen molar-refractivity contribution in [3.8, 4) is 50.2 Å². The van der Waals surface area contributed by atoms with E-state index in [4.69, 9.17) is 0 Å². The molecule has 0 bridgehead atoms. The molecule has 3 heteroatoms. The fraction of sp³-hybridized carbons (Fsp3) is 0. The van der Waals surface area contributed by atoms with Gasteiger partial charge in [-0.2, -0.15) is 0 Å². The first-order chi connectivity index (χ1) is 25.3. The lowest BCUT2D eigenvalue weighted by atomic mass is 9.92. The average Bonchev–Trinajstić information content (AvgIpc) is 3.53. The average molecular weight is 686 g/mol. The van der Waals surface area contributed by atoms with E-state index in [9.17, 15) is 0 Å². The highest BCUT2D eigenvalue weighted by molar-refractivity contribution is 8.00. The van der Waals surface area contributed by atoms with Crippen LogP contribution in [0.1, 0.15) is 0 Å². The van der Waals surface area contributed by atoms with Gasteiger partial charge in [0.25, 0.3) is 0 Å². The number of para-hydroxylation sites is 2. The first kappa shape index (κ1) is 30.1. The van der Waals surface area contributed by atoms with E-state index in [1.165, 1.54) is 91.6 Å². The molecule has 240 valence electrons. The molecule has 2 heterocycles. The SMILES string of the molecule is c1ccc(-c2cccc3c2-c2cccc(-c4ccc5c(c4)c4ccccc4n5-c4ccccc4)c2Sc2ccccc2-c2ccccc2S3)cc1. The molecule has 0 saturated heterocycles. The van der Waals surface area contributed by atoms with Gasteiger partial charge >= 0.3 is 0 Å². The minimum atomic E-state index is 1.17. The smallest absolute Gasteiger partial charge is 0.0541 e. The van der Waals surface area contributed by atoms with Gasteiger partial charge in [-0.3, -0.25) is 0 Å². The van der Waals surface area contributed by atoms with Crippen molar-refractivity contribution in [3.63, 3.8) is 0 Å². The second-order valence-corrected chi connectivity index (χ2v) is 15.0. The second-order valence-electron chi connectivity index (χ2n) is 12.8. The van der Waals surface area contributed by atoms with Crippen LogP contribution in [0.5, 0.6) is 0 Å². The Morgan fingerprint density at radius 1 is 0.333 bits per heavy atom. The zero-order valence-corrected chi connectivity index (χ0v) is 29.3. The molecule has 0 N–H and O–H groups in total. The lowest BCUT2D eigenvalue weighted by Gasteiger charge is -2.23. The Bertz CT molecular complexity index is 2740. The van der Waals surface area contributed by atoms with Gasteiger partial charge in [0.1, 0.15) is 0 Å². The molecule has 1 aliphatic heterocycles. The Hall–Kier alpha value is -5.74. The third-order valence-electron chi connectivity index (χ3n) is 9.89. The first-order valence-electron chi connectivity index (χ1n) is 17.3. The Labute approximate surface area is 306 Å². The highest BCUT2D eigenvalue weighted by atomic mass is 32.2. The maximum atomic E-state index is 2.41. The largest absolute Gasteiger partial charge is 0.309 e. The van der Waals surface area contributed by atoms with Gasteiger partial charge in [-0.15, -0.1) is 0 Å². The van der Waals surface area contributed by atoms with Gasteiger partial charge in [0.05, 0.1) is 11.0 Å². The number of nitrogens with zero attached hydrogens (tertiary/aromatic N) is 1. The zero-order chi connectivity index (χ0) is 33.7. The molecule has 51 heavy (non-hydrogen) atoms. The molecule has 1 aliphatic rings. The van der Waals surface area contributed by atoms with Gasteiger partial charge in [-0.1, -0.05) is 163 Å². The maximum Gasteiger partial charge on any atom is 0.0541 e. The minimum absolute atomic E-state index is 1.17. The van der Waals surface area contributed by atoms with Gasteiger partial charge in [0, 0.05) is 41.6 Å². The van der Waals surface area contributed by atoms with Crippen molar-refractivity contribution in [2.75, 3.05) is 0 Å². The predicted molar refractivity (Wildman–Crippen MR) is 217 cm³/mol. The van der Waals surface area contributed by atoms with Gasteiger partial charge in [-0.05, 0) is 87.5 Å².